The highest BCUT2D eigenvalue weighted by molar-refractivity contribution is 7.89. The lowest BCUT2D eigenvalue weighted by Crippen LogP contribution is -2.43. The van der Waals surface area contributed by atoms with Crippen molar-refractivity contribution < 1.29 is 8.42 Å². The first-order valence-corrected chi connectivity index (χ1v) is 7.97. The molecule has 0 aliphatic rings. The van der Waals surface area contributed by atoms with E-state index in [1.807, 2.05) is 46.8 Å². The fourth-order valence-corrected chi connectivity index (χ4v) is 4.16. The van der Waals surface area contributed by atoms with Crippen LogP contribution in [0.1, 0.15) is 30.5 Å². The molecule has 0 aliphatic carbocycles. The molecule has 3 N–H and O–H groups in total. The van der Waals surface area contributed by atoms with Crippen molar-refractivity contribution in [2.24, 2.45) is 11.7 Å². The number of aryl methyl sites for hydroxylation is 3. The maximum Gasteiger partial charge on any atom is 0.241 e. The molecular weight excluding hydrogens is 260 g/mol. The molecule has 0 spiro atoms. The Morgan fingerprint density at radius 1 is 1.16 bits per heavy atom. The van der Waals surface area contributed by atoms with Gasteiger partial charge in [0, 0.05) is 12.6 Å². The second-order valence-electron chi connectivity index (χ2n) is 5.44. The molecule has 0 radical (unpaired) electrons. The van der Waals surface area contributed by atoms with Gasteiger partial charge in [-0.3, -0.25) is 0 Å². The summed E-state index contributed by atoms with van der Waals surface area (Å²) in [6, 6.07) is 3.52. The number of nitrogens with one attached hydrogen (secondary N) is 1. The highest BCUT2D eigenvalue weighted by Gasteiger charge is 2.24. The van der Waals surface area contributed by atoms with E-state index >= 15 is 0 Å². The number of benzene rings is 1. The topological polar surface area (TPSA) is 72.2 Å². The predicted octanol–water partition coefficient (Wildman–Crippen LogP) is 1.87. The number of nitrogens with two attached hydrogens (primary N) is 1. The monoisotopic (exact) mass is 284 g/mol. The van der Waals surface area contributed by atoms with Crippen molar-refractivity contribution in [2.75, 3.05) is 6.54 Å². The molecule has 1 unspecified atom stereocenters. The van der Waals surface area contributed by atoms with Crippen molar-refractivity contribution in [1.29, 1.82) is 0 Å². The highest BCUT2D eigenvalue weighted by Crippen LogP contribution is 2.22. The Balaban J connectivity index is 3.21. The third kappa shape index (κ3) is 3.78. The molecule has 0 bridgehead atoms. The Labute approximate surface area is 116 Å². The smallest absolute Gasteiger partial charge is 0.241 e. The van der Waals surface area contributed by atoms with Gasteiger partial charge in [-0.25, -0.2) is 13.1 Å². The fraction of sp³-hybridized carbons (Fsp3) is 0.571. The van der Waals surface area contributed by atoms with Gasteiger partial charge >= 0.3 is 0 Å². The van der Waals surface area contributed by atoms with Gasteiger partial charge in [-0.2, -0.15) is 0 Å². The van der Waals surface area contributed by atoms with Gasteiger partial charge in [0.05, 0.1) is 4.90 Å². The van der Waals surface area contributed by atoms with E-state index in [9.17, 15) is 8.42 Å². The third-order valence-electron chi connectivity index (χ3n) is 3.24. The summed E-state index contributed by atoms with van der Waals surface area (Å²) < 4.78 is 27.7. The van der Waals surface area contributed by atoms with E-state index in [0.717, 1.165) is 16.7 Å². The maximum absolute atomic E-state index is 12.5. The van der Waals surface area contributed by atoms with Gasteiger partial charge in [-0.05, 0) is 37.8 Å². The van der Waals surface area contributed by atoms with Crippen LogP contribution >= 0.6 is 0 Å². The van der Waals surface area contributed by atoms with E-state index < -0.39 is 10.0 Å². The molecule has 0 heterocycles. The van der Waals surface area contributed by atoms with E-state index in [-0.39, 0.29) is 12.0 Å². The first-order valence-electron chi connectivity index (χ1n) is 6.49. The standard InChI is InChI=1S/C14H24N2O2S/c1-9(2)13(8-15)16-19(17,18)14-11(4)6-10(3)7-12(14)5/h6-7,9,13,16H,8,15H2,1-5H3. The van der Waals surface area contributed by atoms with E-state index in [4.69, 9.17) is 5.73 Å². The van der Waals surface area contributed by atoms with Gasteiger partial charge in [0.25, 0.3) is 0 Å². The summed E-state index contributed by atoms with van der Waals surface area (Å²) >= 11 is 0. The average molecular weight is 284 g/mol. The highest BCUT2D eigenvalue weighted by atomic mass is 32.2. The first-order chi connectivity index (χ1) is 8.69. The van der Waals surface area contributed by atoms with Crippen LogP contribution < -0.4 is 10.5 Å². The van der Waals surface area contributed by atoms with Crippen molar-refractivity contribution in [3.63, 3.8) is 0 Å². The lowest BCUT2D eigenvalue weighted by molar-refractivity contribution is 0.454. The van der Waals surface area contributed by atoms with E-state index in [0.29, 0.717) is 11.4 Å². The van der Waals surface area contributed by atoms with E-state index in [1.165, 1.54) is 0 Å². The minimum absolute atomic E-state index is 0.158. The summed E-state index contributed by atoms with van der Waals surface area (Å²) in [5, 5.41) is 0. The average Bonchev–Trinajstić information content (AvgIpc) is 2.23. The Hall–Kier alpha value is -0.910. The fourth-order valence-electron chi connectivity index (χ4n) is 2.31. The number of hydrogen-bond donors (Lipinski definition) is 2. The summed E-state index contributed by atoms with van der Waals surface area (Å²) in [6.07, 6.45) is 0. The second-order valence-corrected chi connectivity index (χ2v) is 7.09. The summed E-state index contributed by atoms with van der Waals surface area (Å²) in [5.41, 5.74) is 8.23. The van der Waals surface area contributed by atoms with Gasteiger partial charge in [0.15, 0.2) is 0 Å². The number of sulfonamides is 1. The van der Waals surface area contributed by atoms with Crippen LogP contribution in [0.15, 0.2) is 17.0 Å². The Morgan fingerprint density at radius 2 is 1.63 bits per heavy atom. The first kappa shape index (κ1) is 16.1. The Morgan fingerprint density at radius 3 is 2.00 bits per heavy atom. The normalized spacial score (nSPS) is 13.8. The zero-order chi connectivity index (χ0) is 14.8. The lowest BCUT2D eigenvalue weighted by Gasteiger charge is -2.22. The molecule has 0 saturated heterocycles. The van der Waals surface area contributed by atoms with Crippen LogP contribution in [0.4, 0.5) is 0 Å². The van der Waals surface area contributed by atoms with Gasteiger partial charge < -0.3 is 5.73 Å². The van der Waals surface area contributed by atoms with Crippen LogP contribution in [0.3, 0.4) is 0 Å². The molecule has 1 atom stereocenters. The van der Waals surface area contributed by atoms with Crippen LogP contribution in [0.2, 0.25) is 0 Å². The van der Waals surface area contributed by atoms with Gasteiger partial charge in [-0.15, -0.1) is 0 Å². The summed E-state index contributed by atoms with van der Waals surface area (Å²) in [4.78, 5) is 0.372. The summed E-state index contributed by atoms with van der Waals surface area (Å²) in [7, 11) is -3.52. The molecule has 108 valence electrons. The molecule has 0 fully saturated rings. The minimum Gasteiger partial charge on any atom is -0.329 e. The zero-order valence-corrected chi connectivity index (χ0v) is 13.1. The van der Waals surface area contributed by atoms with Crippen LogP contribution in [0.5, 0.6) is 0 Å². The molecule has 19 heavy (non-hydrogen) atoms. The van der Waals surface area contributed by atoms with Crippen LogP contribution in [0, 0.1) is 26.7 Å². The molecule has 1 aromatic rings. The SMILES string of the molecule is Cc1cc(C)c(S(=O)(=O)NC(CN)C(C)C)c(C)c1. The van der Waals surface area contributed by atoms with Crippen molar-refractivity contribution in [2.45, 2.75) is 45.6 Å². The zero-order valence-electron chi connectivity index (χ0n) is 12.3. The third-order valence-corrected chi connectivity index (χ3v) is 5.03. The Bertz CT molecular complexity index is 528. The number of rotatable bonds is 5. The minimum atomic E-state index is -3.52. The van der Waals surface area contributed by atoms with Crippen molar-refractivity contribution in [1.82, 2.24) is 4.72 Å². The molecule has 0 aliphatic heterocycles. The predicted molar refractivity (Wildman–Crippen MR) is 78.7 cm³/mol. The van der Waals surface area contributed by atoms with E-state index in [1.54, 1.807) is 0 Å². The van der Waals surface area contributed by atoms with Gasteiger partial charge in [0.1, 0.15) is 0 Å². The van der Waals surface area contributed by atoms with E-state index in [2.05, 4.69) is 4.72 Å². The molecule has 0 aromatic heterocycles. The van der Waals surface area contributed by atoms with Crippen molar-refractivity contribution in [3.05, 3.63) is 28.8 Å². The van der Waals surface area contributed by atoms with Crippen molar-refractivity contribution >= 4 is 10.0 Å². The van der Waals surface area contributed by atoms with Gasteiger partial charge in [0.2, 0.25) is 10.0 Å². The van der Waals surface area contributed by atoms with Crippen LogP contribution in [-0.2, 0) is 10.0 Å². The quantitative estimate of drug-likeness (QED) is 0.867. The largest absolute Gasteiger partial charge is 0.329 e. The molecule has 5 heteroatoms. The van der Waals surface area contributed by atoms with Crippen molar-refractivity contribution in [3.8, 4) is 0 Å². The Kier molecular flexibility index (Phi) is 5.12. The molecule has 0 saturated carbocycles. The maximum atomic E-state index is 12.5. The van der Waals surface area contributed by atoms with Crippen LogP contribution in [-0.4, -0.2) is 21.0 Å². The molecule has 4 nitrogen and oxygen atoms in total. The van der Waals surface area contributed by atoms with Crippen LogP contribution in [0.25, 0.3) is 0 Å². The summed E-state index contributed by atoms with van der Waals surface area (Å²) in [5.74, 6) is 0.158. The molecular formula is C14H24N2O2S. The molecule has 0 amide bonds. The number of hydrogen-bond acceptors (Lipinski definition) is 3. The lowest BCUT2D eigenvalue weighted by atomic mass is 10.1. The molecule has 1 rings (SSSR count). The molecule has 1 aromatic carbocycles. The second kappa shape index (κ2) is 6.03. The summed E-state index contributed by atoms with van der Waals surface area (Å²) in [6.45, 7) is 9.80. The van der Waals surface area contributed by atoms with Gasteiger partial charge in [-0.1, -0.05) is 31.5 Å².